The van der Waals surface area contributed by atoms with Crippen LogP contribution < -0.4 is 4.72 Å². The summed E-state index contributed by atoms with van der Waals surface area (Å²) in [6, 6.07) is 11.0. The highest BCUT2D eigenvalue weighted by Crippen LogP contribution is 2.26. The molecule has 0 aliphatic rings. The highest BCUT2D eigenvalue weighted by molar-refractivity contribution is 9.10. The number of hydrogen-bond donors (Lipinski definition) is 1. The quantitative estimate of drug-likeness (QED) is 0.734. The summed E-state index contributed by atoms with van der Waals surface area (Å²) >= 11 is 6.63. The number of nitrogens with zero attached hydrogens (tertiary/aromatic N) is 1. The Morgan fingerprint density at radius 1 is 1.24 bits per heavy atom. The molecule has 2 rings (SSSR count). The van der Waals surface area contributed by atoms with Crippen LogP contribution in [-0.2, 0) is 15.6 Å². The molecule has 7 heteroatoms. The highest BCUT2D eigenvalue weighted by atomic mass is 79.9. The van der Waals surface area contributed by atoms with Crippen molar-refractivity contribution in [1.82, 2.24) is 9.71 Å². The third-order valence-electron chi connectivity index (χ3n) is 3.03. The minimum atomic E-state index is -3.67. The molecule has 0 bridgehead atoms. The summed E-state index contributed by atoms with van der Waals surface area (Å²) in [6.45, 7) is 1.83. The molecule has 0 aliphatic heterocycles. The maximum atomic E-state index is 12.5. The molecular formula is C14H14Br2N2O2S. The molecule has 4 nitrogen and oxygen atoms in total. The average molecular weight is 434 g/mol. The standard InChI is InChI=1S/C14H14Br2N2O2S/c1-14(10-15,11-5-3-2-4-6-11)18-21(19,20)13-7-12(16)8-17-9-13/h2-9,18H,10H2,1H3. The first-order chi connectivity index (χ1) is 9.87. The van der Waals surface area contributed by atoms with Crippen molar-refractivity contribution in [3.63, 3.8) is 0 Å². The normalized spacial score (nSPS) is 14.6. The van der Waals surface area contributed by atoms with Crippen LogP contribution in [0.1, 0.15) is 12.5 Å². The fourth-order valence-electron chi connectivity index (χ4n) is 1.86. The second-order valence-electron chi connectivity index (χ2n) is 4.78. The first-order valence-corrected chi connectivity index (χ1v) is 9.53. The van der Waals surface area contributed by atoms with Crippen LogP contribution in [0.3, 0.4) is 0 Å². The van der Waals surface area contributed by atoms with Crippen molar-refractivity contribution in [3.05, 3.63) is 58.8 Å². The molecule has 0 fully saturated rings. The lowest BCUT2D eigenvalue weighted by molar-refractivity contribution is 0.482. The van der Waals surface area contributed by atoms with E-state index in [1.807, 2.05) is 37.3 Å². The Labute approximate surface area is 141 Å². The van der Waals surface area contributed by atoms with Gasteiger partial charge in [-0.3, -0.25) is 4.98 Å². The van der Waals surface area contributed by atoms with E-state index in [1.165, 1.54) is 12.3 Å². The van der Waals surface area contributed by atoms with E-state index in [0.717, 1.165) is 5.56 Å². The van der Waals surface area contributed by atoms with Crippen molar-refractivity contribution in [2.24, 2.45) is 0 Å². The number of hydrogen-bond acceptors (Lipinski definition) is 3. The molecule has 0 saturated carbocycles. The number of nitrogens with one attached hydrogen (secondary N) is 1. The van der Waals surface area contributed by atoms with E-state index in [9.17, 15) is 8.42 Å². The SMILES string of the molecule is CC(CBr)(NS(=O)(=O)c1cncc(Br)c1)c1ccccc1. The summed E-state index contributed by atoms with van der Waals surface area (Å²) < 4.78 is 28.4. The first-order valence-electron chi connectivity index (χ1n) is 6.13. The van der Waals surface area contributed by atoms with Crippen molar-refractivity contribution in [3.8, 4) is 0 Å². The van der Waals surface area contributed by atoms with Gasteiger partial charge in [0.15, 0.2) is 0 Å². The second-order valence-corrected chi connectivity index (χ2v) is 7.93. The molecule has 0 spiro atoms. The fraction of sp³-hybridized carbons (Fsp3) is 0.214. The molecule has 0 amide bonds. The molecule has 1 aromatic heterocycles. The van der Waals surface area contributed by atoms with Crippen LogP contribution in [0.15, 0.2) is 58.2 Å². The molecular weight excluding hydrogens is 420 g/mol. The predicted molar refractivity (Wildman–Crippen MR) is 89.8 cm³/mol. The van der Waals surface area contributed by atoms with E-state index >= 15 is 0 Å². The zero-order valence-corrected chi connectivity index (χ0v) is 15.2. The number of sulfonamides is 1. The van der Waals surface area contributed by atoms with Crippen LogP contribution in [-0.4, -0.2) is 18.7 Å². The minimum absolute atomic E-state index is 0.125. The molecule has 0 saturated heterocycles. The van der Waals surface area contributed by atoms with Crippen molar-refractivity contribution in [1.29, 1.82) is 0 Å². The molecule has 0 radical (unpaired) electrons. The smallest absolute Gasteiger partial charge is 0.242 e. The van der Waals surface area contributed by atoms with Gasteiger partial charge in [0.05, 0.1) is 5.54 Å². The first kappa shape index (κ1) is 16.6. The molecule has 21 heavy (non-hydrogen) atoms. The van der Waals surface area contributed by atoms with Crippen molar-refractivity contribution in [2.45, 2.75) is 17.4 Å². The van der Waals surface area contributed by atoms with E-state index in [-0.39, 0.29) is 4.90 Å². The van der Waals surface area contributed by atoms with E-state index in [2.05, 4.69) is 41.6 Å². The van der Waals surface area contributed by atoms with Crippen LogP contribution >= 0.6 is 31.9 Å². The van der Waals surface area contributed by atoms with Gasteiger partial charge in [-0.25, -0.2) is 8.42 Å². The van der Waals surface area contributed by atoms with E-state index in [0.29, 0.717) is 9.80 Å². The Bertz CT molecular complexity index is 723. The van der Waals surface area contributed by atoms with Crippen LogP contribution in [0.2, 0.25) is 0 Å². The van der Waals surface area contributed by atoms with Gasteiger partial charge < -0.3 is 0 Å². The maximum absolute atomic E-state index is 12.5. The fourth-order valence-corrected chi connectivity index (χ4v) is 4.41. The summed E-state index contributed by atoms with van der Waals surface area (Å²) in [7, 11) is -3.67. The van der Waals surface area contributed by atoms with Gasteiger partial charge in [-0.05, 0) is 34.5 Å². The van der Waals surface area contributed by atoms with Crippen LogP contribution in [0, 0.1) is 0 Å². The second kappa shape index (κ2) is 6.56. The van der Waals surface area contributed by atoms with Gasteiger partial charge in [-0.1, -0.05) is 46.3 Å². The molecule has 112 valence electrons. The summed E-state index contributed by atoms with van der Waals surface area (Å²) in [4.78, 5) is 4.03. The summed E-state index contributed by atoms with van der Waals surface area (Å²) in [5.74, 6) is 0. The molecule has 2 aromatic rings. The minimum Gasteiger partial charge on any atom is -0.262 e. The maximum Gasteiger partial charge on any atom is 0.242 e. The van der Waals surface area contributed by atoms with E-state index in [1.54, 1.807) is 6.20 Å². The molecule has 1 heterocycles. The van der Waals surface area contributed by atoms with Gasteiger partial charge in [-0.2, -0.15) is 4.72 Å². The van der Waals surface area contributed by atoms with Gasteiger partial charge in [0.25, 0.3) is 0 Å². The third kappa shape index (κ3) is 3.91. The van der Waals surface area contributed by atoms with Crippen LogP contribution in [0.5, 0.6) is 0 Å². The Balaban J connectivity index is 2.38. The van der Waals surface area contributed by atoms with Gasteiger partial charge in [-0.15, -0.1) is 0 Å². The Hall–Kier alpha value is -0.760. The van der Waals surface area contributed by atoms with Gasteiger partial charge >= 0.3 is 0 Å². The monoisotopic (exact) mass is 432 g/mol. The molecule has 0 aliphatic carbocycles. The Kier molecular flexibility index (Phi) is 5.19. The zero-order valence-electron chi connectivity index (χ0n) is 11.3. The lowest BCUT2D eigenvalue weighted by Crippen LogP contribution is -2.44. The van der Waals surface area contributed by atoms with Crippen molar-refractivity contribution < 1.29 is 8.42 Å². The lowest BCUT2D eigenvalue weighted by atomic mass is 9.96. The lowest BCUT2D eigenvalue weighted by Gasteiger charge is -2.29. The molecule has 1 N–H and O–H groups in total. The van der Waals surface area contributed by atoms with Crippen LogP contribution in [0.4, 0.5) is 0 Å². The number of halogens is 2. The number of benzene rings is 1. The number of pyridine rings is 1. The Morgan fingerprint density at radius 2 is 1.90 bits per heavy atom. The van der Waals surface area contributed by atoms with Gasteiger partial charge in [0.2, 0.25) is 10.0 Å². The van der Waals surface area contributed by atoms with E-state index in [4.69, 9.17) is 0 Å². The molecule has 1 atom stereocenters. The summed E-state index contributed by atoms with van der Waals surface area (Å²) in [5.41, 5.74) is 0.135. The van der Waals surface area contributed by atoms with Crippen molar-refractivity contribution >= 4 is 41.9 Å². The average Bonchev–Trinajstić information content (AvgIpc) is 2.47. The summed E-state index contributed by atoms with van der Waals surface area (Å²) in [5, 5.41) is 0.449. The van der Waals surface area contributed by atoms with Gasteiger partial charge in [0.1, 0.15) is 4.90 Å². The topological polar surface area (TPSA) is 59.1 Å². The number of aromatic nitrogens is 1. The number of rotatable bonds is 5. The number of alkyl halides is 1. The Morgan fingerprint density at radius 3 is 2.48 bits per heavy atom. The zero-order chi connectivity index (χ0) is 15.5. The highest BCUT2D eigenvalue weighted by Gasteiger charge is 2.31. The third-order valence-corrected chi connectivity index (χ3v) is 6.15. The van der Waals surface area contributed by atoms with Crippen molar-refractivity contribution in [2.75, 3.05) is 5.33 Å². The van der Waals surface area contributed by atoms with Gasteiger partial charge in [0, 0.05) is 22.2 Å². The molecule has 1 aromatic carbocycles. The van der Waals surface area contributed by atoms with Crippen LogP contribution in [0.25, 0.3) is 0 Å². The largest absolute Gasteiger partial charge is 0.262 e. The van der Waals surface area contributed by atoms with E-state index < -0.39 is 15.6 Å². The molecule has 1 unspecified atom stereocenters. The predicted octanol–water partition coefficient (Wildman–Crippen LogP) is 3.43. The summed E-state index contributed by atoms with van der Waals surface area (Å²) in [6.07, 6.45) is 2.87.